The summed E-state index contributed by atoms with van der Waals surface area (Å²) in [5.74, 6) is -0.409. The van der Waals surface area contributed by atoms with Crippen molar-refractivity contribution in [3.8, 4) is 11.4 Å². The van der Waals surface area contributed by atoms with Gasteiger partial charge in [0.1, 0.15) is 11.3 Å². The summed E-state index contributed by atoms with van der Waals surface area (Å²) in [7, 11) is -0.905. The number of rotatable bonds is 4. The first-order valence-electron chi connectivity index (χ1n) is 6.02. The molecule has 0 saturated heterocycles. The van der Waals surface area contributed by atoms with E-state index in [9.17, 15) is 13.2 Å². The fraction of sp³-hybridized carbons (Fsp3) is 0.214. The fourth-order valence-electron chi connectivity index (χ4n) is 1.98. The first-order valence-corrected chi connectivity index (χ1v) is 7.91. The third kappa shape index (κ3) is 2.92. The van der Waals surface area contributed by atoms with Crippen molar-refractivity contribution in [3.63, 3.8) is 0 Å². The van der Waals surface area contributed by atoms with Gasteiger partial charge in [0, 0.05) is 24.7 Å². The molecule has 0 saturated carbocycles. The minimum atomic E-state index is -3.53. The van der Waals surface area contributed by atoms with E-state index in [0.29, 0.717) is 5.69 Å². The Morgan fingerprint density at radius 1 is 1.14 bits per heavy atom. The highest BCUT2D eigenvalue weighted by Gasteiger charge is 2.22. The third-order valence-electron chi connectivity index (χ3n) is 2.97. The zero-order chi connectivity index (χ0) is 15.6. The summed E-state index contributed by atoms with van der Waals surface area (Å²) < 4.78 is 35.5. The van der Waals surface area contributed by atoms with Gasteiger partial charge in [-0.3, -0.25) is 0 Å². The van der Waals surface area contributed by atoms with Gasteiger partial charge in [-0.15, -0.1) is 0 Å². The average molecular weight is 309 g/mol. The second kappa shape index (κ2) is 5.61. The van der Waals surface area contributed by atoms with Crippen LogP contribution < -0.4 is 4.74 Å². The van der Waals surface area contributed by atoms with E-state index < -0.39 is 15.8 Å². The number of nitrogens with zero attached hydrogens (tertiary/aromatic N) is 1. The second-order valence-electron chi connectivity index (χ2n) is 4.37. The number of carbonyl (C=O) groups is 1. The Labute approximate surface area is 122 Å². The van der Waals surface area contributed by atoms with Crippen LogP contribution in [0.25, 0.3) is 5.69 Å². The van der Waals surface area contributed by atoms with Crippen LogP contribution in [0.3, 0.4) is 0 Å². The molecule has 1 heterocycles. The van der Waals surface area contributed by atoms with Gasteiger partial charge in [0.25, 0.3) is 0 Å². The molecule has 2 rings (SSSR count). The lowest BCUT2D eigenvalue weighted by molar-refractivity contribution is 0.0597. The highest BCUT2D eigenvalue weighted by Crippen LogP contribution is 2.30. The van der Waals surface area contributed by atoms with Crippen molar-refractivity contribution in [1.82, 2.24) is 4.57 Å². The van der Waals surface area contributed by atoms with E-state index in [1.54, 1.807) is 29.1 Å². The predicted molar refractivity (Wildman–Crippen MR) is 76.8 cm³/mol. The molecule has 0 fully saturated rings. The van der Waals surface area contributed by atoms with E-state index in [1.807, 2.05) is 0 Å². The molecule has 0 aliphatic rings. The number of ether oxygens (including phenoxy) is 2. The van der Waals surface area contributed by atoms with Crippen molar-refractivity contribution in [3.05, 3.63) is 42.2 Å². The van der Waals surface area contributed by atoms with Gasteiger partial charge < -0.3 is 14.0 Å². The van der Waals surface area contributed by atoms with Gasteiger partial charge in [-0.25, -0.2) is 13.2 Å². The van der Waals surface area contributed by atoms with E-state index >= 15 is 0 Å². The number of sulfone groups is 1. The maximum Gasteiger partial charge on any atom is 0.341 e. The Balaban J connectivity index is 2.79. The number of hydrogen-bond acceptors (Lipinski definition) is 5. The van der Waals surface area contributed by atoms with E-state index in [0.717, 1.165) is 6.26 Å². The summed E-state index contributed by atoms with van der Waals surface area (Å²) in [6, 6.07) is 6.32. The first-order chi connectivity index (χ1) is 9.88. The van der Waals surface area contributed by atoms with Crippen LogP contribution >= 0.6 is 0 Å². The van der Waals surface area contributed by atoms with E-state index in [-0.39, 0.29) is 16.2 Å². The van der Waals surface area contributed by atoms with Crippen molar-refractivity contribution in [2.24, 2.45) is 0 Å². The minimum absolute atomic E-state index is 0.0277. The highest BCUT2D eigenvalue weighted by atomic mass is 32.2. The topological polar surface area (TPSA) is 74.6 Å². The monoisotopic (exact) mass is 309 g/mol. The molecule has 0 N–H and O–H groups in total. The molecule has 1 aromatic carbocycles. The molecule has 0 aliphatic carbocycles. The van der Waals surface area contributed by atoms with Gasteiger partial charge in [-0.05, 0) is 18.2 Å². The SMILES string of the molecule is COC(=O)c1cc(S(C)(=O)=O)c(-n2cccc2)cc1OC. The van der Waals surface area contributed by atoms with Crippen LogP contribution in [-0.2, 0) is 14.6 Å². The molecule has 0 unspecified atom stereocenters. The quantitative estimate of drug-likeness (QED) is 0.803. The number of esters is 1. The van der Waals surface area contributed by atoms with Crippen LogP contribution in [0.2, 0.25) is 0 Å². The summed E-state index contributed by atoms with van der Waals surface area (Å²) in [6.07, 6.45) is 4.51. The summed E-state index contributed by atoms with van der Waals surface area (Å²) in [5.41, 5.74) is 0.475. The van der Waals surface area contributed by atoms with E-state index in [4.69, 9.17) is 4.74 Å². The second-order valence-corrected chi connectivity index (χ2v) is 6.36. The molecule has 112 valence electrons. The number of carbonyl (C=O) groups excluding carboxylic acids is 1. The van der Waals surface area contributed by atoms with Crippen LogP contribution in [0, 0.1) is 0 Å². The normalized spacial score (nSPS) is 11.2. The molecule has 21 heavy (non-hydrogen) atoms. The zero-order valence-electron chi connectivity index (χ0n) is 11.9. The maximum atomic E-state index is 12.0. The van der Waals surface area contributed by atoms with Crippen LogP contribution in [0.1, 0.15) is 10.4 Å². The molecule has 0 amide bonds. The van der Waals surface area contributed by atoms with E-state index in [1.165, 1.54) is 26.4 Å². The van der Waals surface area contributed by atoms with Crippen molar-refractivity contribution in [2.45, 2.75) is 4.90 Å². The Morgan fingerprint density at radius 3 is 2.24 bits per heavy atom. The average Bonchev–Trinajstić information content (AvgIpc) is 2.98. The van der Waals surface area contributed by atoms with Gasteiger partial charge in [-0.1, -0.05) is 0 Å². The Hall–Kier alpha value is -2.28. The summed E-state index contributed by atoms with van der Waals surface area (Å²) in [5, 5.41) is 0. The van der Waals surface area contributed by atoms with Gasteiger partial charge >= 0.3 is 5.97 Å². The lowest BCUT2D eigenvalue weighted by Crippen LogP contribution is -2.10. The smallest absolute Gasteiger partial charge is 0.341 e. The standard InChI is InChI=1S/C14H15NO5S/c1-19-12-9-11(15-6-4-5-7-15)13(21(3,17)18)8-10(12)14(16)20-2/h4-9H,1-3H3. The highest BCUT2D eigenvalue weighted by molar-refractivity contribution is 7.90. The number of methoxy groups -OCH3 is 2. The van der Waals surface area contributed by atoms with Crippen LogP contribution in [0.5, 0.6) is 5.75 Å². The molecule has 6 nitrogen and oxygen atoms in total. The maximum absolute atomic E-state index is 12.0. The van der Waals surface area contributed by atoms with Gasteiger partial charge in [0.05, 0.1) is 24.8 Å². The number of benzene rings is 1. The van der Waals surface area contributed by atoms with Crippen LogP contribution in [-0.4, -0.2) is 39.4 Å². The molecule has 0 radical (unpaired) electrons. The molecule has 1 aromatic heterocycles. The molecular weight excluding hydrogens is 294 g/mol. The third-order valence-corrected chi connectivity index (χ3v) is 4.09. The predicted octanol–water partition coefficient (Wildman–Crippen LogP) is 1.68. The van der Waals surface area contributed by atoms with Gasteiger partial charge in [-0.2, -0.15) is 0 Å². The first kappa shape index (κ1) is 15.1. The number of hydrogen-bond donors (Lipinski definition) is 0. The fourth-order valence-corrected chi connectivity index (χ4v) is 2.86. The van der Waals surface area contributed by atoms with Crippen molar-refractivity contribution >= 4 is 15.8 Å². The lowest BCUT2D eigenvalue weighted by Gasteiger charge is -2.14. The molecule has 0 atom stereocenters. The van der Waals surface area contributed by atoms with Gasteiger partial charge in [0.2, 0.25) is 0 Å². The van der Waals surface area contributed by atoms with Crippen LogP contribution in [0.4, 0.5) is 0 Å². The molecule has 2 aromatic rings. The molecule has 0 bridgehead atoms. The minimum Gasteiger partial charge on any atom is -0.496 e. The van der Waals surface area contributed by atoms with Gasteiger partial charge in [0.15, 0.2) is 9.84 Å². The lowest BCUT2D eigenvalue weighted by atomic mass is 10.1. The molecular formula is C14H15NO5S. The van der Waals surface area contributed by atoms with Crippen LogP contribution in [0.15, 0.2) is 41.6 Å². The molecule has 0 aliphatic heterocycles. The van der Waals surface area contributed by atoms with Crippen molar-refractivity contribution < 1.29 is 22.7 Å². The summed E-state index contributed by atoms with van der Waals surface area (Å²) in [6.45, 7) is 0. The zero-order valence-corrected chi connectivity index (χ0v) is 12.7. The summed E-state index contributed by atoms with van der Waals surface area (Å²) >= 11 is 0. The Morgan fingerprint density at radius 2 is 1.76 bits per heavy atom. The van der Waals surface area contributed by atoms with Crippen molar-refractivity contribution in [1.29, 1.82) is 0 Å². The largest absolute Gasteiger partial charge is 0.496 e. The molecule has 0 spiro atoms. The Bertz CT molecular complexity index is 763. The number of aromatic nitrogens is 1. The summed E-state index contributed by atoms with van der Waals surface area (Å²) in [4.78, 5) is 11.8. The van der Waals surface area contributed by atoms with E-state index in [2.05, 4.69) is 4.74 Å². The molecule has 7 heteroatoms. The Kier molecular flexibility index (Phi) is 4.04. The van der Waals surface area contributed by atoms with Crippen molar-refractivity contribution in [2.75, 3.05) is 20.5 Å².